The first-order chi connectivity index (χ1) is 5.33. The van der Waals surface area contributed by atoms with Crippen molar-refractivity contribution < 1.29 is 0 Å². The summed E-state index contributed by atoms with van der Waals surface area (Å²) in [6.07, 6.45) is 3.54. The third kappa shape index (κ3) is 2.94. The summed E-state index contributed by atoms with van der Waals surface area (Å²) in [7, 11) is 0. The Kier molecular flexibility index (Phi) is 3.44. The highest BCUT2D eigenvalue weighted by molar-refractivity contribution is 6.30. The second-order valence-electron chi connectivity index (χ2n) is 2.64. The van der Waals surface area contributed by atoms with Gasteiger partial charge < -0.3 is 0 Å². The fourth-order valence-electron chi connectivity index (χ4n) is 0.996. The zero-order chi connectivity index (χ0) is 8.10. The molecule has 0 aliphatic rings. The fourth-order valence-corrected chi connectivity index (χ4v) is 1.19. The van der Waals surface area contributed by atoms with E-state index in [-0.39, 0.29) is 0 Å². The van der Waals surface area contributed by atoms with E-state index in [0.717, 1.165) is 11.4 Å². The van der Waals surface area contributed by atoms with E-state index in [1.54, 1.807) is 0 Å². The number of rotatable bonds is 3. The van der Waals surface area contributed by atoms with Gasteiger partial charge in [-0.3, -0.25) is 0 Å². The van der Waals surface area contributed by atoms with Crippen LogP contribution in [0.3, 0.4) is 0 Å². The van der Waals surface area contributed by atoms with Crippen LogP contribution in [0.1, 0.15) is 25.3 Å². The number of halogens is 1. The SMILES string of the molecule is CCCCc1[c]ccc(Cl)c1. The molecule has 0 aromatic heterocycles. The van der Waals surface area contributed by atoms with Crippen LogP contribution in [0.25, 0.3) is 0 Å². The Hall–Kier alpha value is -0.490. The first-order valence-corrected chi connectivity index (χ1v) is 4.37. The van der Waals surface area contributed by atoms with Gasteiger partial charge in [0.2, 0.25) is 0 Å². The highest BCUT2D eigenvalue weighted by atomic mass is 35.5. The van der Waals surface area contributed by atoms with E-state index in [9.17, 15) is 0 Å². The smallest absolute Gasteiger partial charge is 0.0409 e. The van der Waals surface area contributed by atoms with E-state index in [0.29, 0.717) is 0 Å². The zero-order valence-electron chi connectivity index (χ0n) is 6.73. The maximum absolute atomic E-state index is 5.80. The molecule has 0 saturated heterocycles. The highest BCUT2D eigenvalue weighted by Gasteiger charge is 1.92. The van der Waals surface area contributed by atoms with Gasteiger partial charge in [0.05, 0.1) is 0 Å². The van der Waals surface area contributed by atoms with E-state index in [1.165, 1.54) is 18.4 Å². The first kappa shape index (κ1) is 8.61. The summed E-state index contributed by atoms with van der Waals surface area (Å²) in [5, 5.41) is 0.815. The van der Waals surface area contributed by atoms with Crippen molar-refractivity contribution in [2.45, 2.75) is 26.2 Å². The molecule has 0 bridgehead atoms. The summed E-state index contributed by atoms with van der Waals surface area (Å²) in [5.74, 6) is 0. The van der Waals surface area contributed by atoms with Crippen molar-refractivity contribution in [2.24, 2.45) is 0 Å². The molecule has 0 N–H and O–H groups in total. The lowest BCUT2D eigenvalue weighted by Crippen LogP contribution is -1.83. The molecule has 1 rings (SSSR count). The number of hydrogen-bond acceptors (Lipinski definition) is 0. The van der Waals surface area contributed by atoms with Crippen molar-refractivity contribution >= 4 is 11.6 Å². The minimum absolute atomic E-state index is 0.815. The van der Waals surface area contributed by atoms with Gasteiger partial charge in [-0.2, -0.15) is 0 Å². The van der Waals surface area contributed by atoms with E-state index >= 15 is 0 Å². The van der Waals surface area contributed by atoms with Gasteiger partial charge >= 0.3 is 0 Å². The van der Waals surface area contributed by atoms with Gasteiger partial charge in [-0.05, 0) is 36.6 Å². The van der Waals surface area contributed by atoms with Gasteiger partial charge in [-0.1, -0.05) is 31.0 Å². The molecule has 0 saturated carbocycles. The summed E-state index contributed by atoms with van der Waals surface area (Å²) < 4.78 is 0. The average molecular weight is 168 g/mol. The lowest BCUT2D eigenvalue weighted by molar-refractivity contribution is 0.794. The fraction of sp³-hybridized carbons (Fsp3) is 0.400. The Morgan fingerprint density at radius 2 is 2.36 bits per heavy atom. The van der Waals surface area contributed by atoms with Crippen LogP contribution < -0.4 is 0 Å². The van der Waals surface area contributed by atoms with Gasteiger partial charge in [-0.25, -0.2) is 0 Å². The Balaban J connectivity index is 2.56. The van der Waals surface area contributed by atoms with E-state index < -0.39 is 0 Å². The van der Waals surface area contributed by atoms with Gasteiger partial charge in [0.25, 0.3) is 0 Å². The maximum atomic E-state index is 5.80. The Morgan fingerprint density at radius 1 is 1.55 bits per heavy atom. The van der Waals surface area contributed by atoms with Crippen molar-refractivity contribution in [3.63, 3.8) is 0 Å². The molecule has 0 heterocycles. The zero-order valence-corrected chi connectivity index (χ0v) is 7.49. The van der Waals surface area contributed by atoms with Crippen LogP contribution in [-0.2, 0) is 6.42 Å². The molecular formula is C10H12Cl. The number of unbranched alkanes of at least 4 members (excludes halogenated alkanes) is 1. The van der Waals surface area contributed by atoms with Crippen molar-refractivity contribution in [2.75, 3.05) is 0 Å². The summed E-state index contributed by atoms with van der Waals surface area (Å²) in [5.41, 5.74) is 1.22. The van der Waals surface area contributed by atoms with Gasteiger partial charge in [0.1, 0.15) is 0 Å². The Labute approximate surface area is 73.2 Å². The standard InChI is InChI=1S/C10H12Cl/c1-2-3-5-9-6-4-7-10(11)8-9/h4,7-8H,2-3,5H2,1H3. The summed E-state index contributed by atoms with van der Waals surface area (Å²) in [6.45, 7) is 2.19. The largest absolute Gasteiger partial charge is 0.0843 e. The molecule has 0 amide bonds. The van der Waals surface area contributed by atoms with Gasteiger partial charge in [0, 0.05) is 5.02 Å². The molecular weight excluding hydrogens is 156 g/mol. The maximum Gasteiger partial charge on any atom is 0.0409 e. The van der Waals surface area contributed by atoms with Gasteiger partial charge in [0.15, 0.2) is 0 Å². The van der Waals surface area contributed by atoms with Crippen molar-refractivity contribution in [1.29, 1.82) is 0 Å². The average Bonchev–Trinajstić information content (AvgIpc) is 2.01. The summed E-state index contributed by atoms with van der Waals surface area (Å²) in [6, 6.07) is 8.88. The minimum atomic E-state index is 0.815. The normalized spacial score (nSPS) is 10.0. The summed E-state index contributed by atoms with van der Waals surface area (Å²) in [4.78, 5) is 0. The molecule has 0 unspecified atom stereocenters. The molecule has 0 fully saturated rings. The minimum Gasteiger partial charge on any atom is -0.0843 e. The molecule has 1 aromatic rings. The molecule has 0 aliphatic carbocycles. The predicted molar refractivity (Wildman–Crippen MR) is 48.9 cm³/mol. The van der Waals surface area contributed by atoms with Crippen LogP contribution in [0, 0.1) is 6.07 Å². The molecule has 0 spiro atoms. The number of benzene rings is 1. The third-order valence-corrected chi connectivity index (χ3v) is 1.86. The van der Waals surface area contributed by atoms with Crippen molar-refractivity contribution in [1.82, 2.24) is 0 Å². The molecule has 0 nitrogen and oxygen atoms in total. The quantitative estimate of drug-likeness (QED) is 0.647. The van der Waals surface area contributed by atoms with Crippen LogP contribution in [0.15, 0.2) is 18.2 Å². The first-order valence-electron chi connectivity index (χ1n) is 3.99. The lowest BCUT2D eigenvalue weighted by Gasteiger charge is -1.98. The molecule has 59 valence electrons. The molecule has 1 heteroatoms. The molecule has 1 aromatic carbocycles. The second-order valence-corrected chi connectivity index (χ2v) is 3.07. The van der Waals surface area contributed by atoms with Crippen LogP contribution in [0.2, 0.25) is 5.02 Å². The topological polar surface area (TPSA) is 0 Å². The van der Waals surface area contributed by atoms with Crippen molar-refractivity contribution in [3.8, 4) is 0 Å². The highest BCUT2D eigenvalue weighted by Crippen LogP contribution is 2.11. The number of hydrogen-bond donors (Lipinski definition) is 0. The van der Waals surface area contributed by atoms with E-state index in [1.807, 2.05) is 18.2 Å². The molecule has 1 radical (unpaired) electrons. The van der Waals surface area contributed by atoms with E-state index in [4.69, 9.17) is 11.6 Å². The van der Waals surface area contributed by atoms with Crippen LogP contribution in [0.5, 0.6) is 0 Å². The molecule has 11 heavy (non-hydrogen) atoms. The van der Waals surface area contributed by atoms with Crippen LogP contribution in [0.4, 0.5) is 0 Å². The molecule has 0 aliphatic heterocycles. The Bertz CT molecular complexity index is 218. The van der Waals surface area contributed by atoms with Gasteiger partial charge in [-0.15, -0.1) is 0 Å². The van der Waals surface area contributed by atoms with Crippen LogP contribution >= 0.6 is 11.6 Å². The summed E-state index contributed by atoms with van der Waals surface area (Å²) >= 11 is 5.80. The van der Waals surface area contributed by atoms with Crippen molar-refractivity contribution in [3.05, 3.63) is 34.9 Å². The molecule has 0 atom stereocenters. The second kappa shape index (κ2) is 4.40. The third-order valence-electron chi connectivity index (χ3n) is 1.62. The van der Waals surface area contributed by atoms with E-state index in [2.05, 4.69) is 13.0 Å². The van der Waals surface area contributed by atoms with Crippen LogP contribution in [-0.4, -0.2) is 0 Å². The number of aryl methyl sites for hydroxylation is 1. The predicted octanol–water partition coefficient (Wildman–Crippen LogP) is 3.48. The Morgan fingerprint density at radius 3 is 3.00 bits per heavy atom. The monoisotopic (exact) mass is 167 g/mol. The lowest BCUT2D eigenvalue weighted by atomic mass is 10.1.